The van der Waals surface area contributed by atoms with Crippen molar-refractivity contribution in [2.75, 3.05) is 6.54 Å². The maximum Gasteiger partial charge on any atom is 0.389 e. The van der Waals surface area contributed by atoms with E-state index < -0.39 is 17.5 Å². The van der Waals surface area contributed by atoms with Crippen molar-refractivity contribution < 1.29 is 18.1 Å². The first-order chi connectivity index (χ1) is 9.28. The molecule has 1 rings (SSSR count). The Kier molecular flexibility index (Phi) is 6.41. The number of halogens is 4. The number of rotatable bonds is 7. The molecule has 1 aromatic rings. The van der Waals surface area contributed by atoms with E-state index in [0.717, 1.165) is 0 Å². The molecule has 1 N–H and O–H groups in total. The molecule has 0 aliphatic heterocycles. The summed E-state index contributed by atoms with van der Waals surface area (Å²) in [5, 5.41) is 13.6. The van der Waals surface area contributed by atoms with Gasteiger partial charge < -0.3 is 5.32 Å². The lowest BCUT2D eigenvalue weighted by Crippen LogP contribution is -2.16. The Morgan fingerprint density at radius 3 is 2.55 bits per heavy atom. The van der Waals surface area contributed by atoms with Crippen LogP contribution in [0.25, 0.3) is 0 Å². The van der Waals surface area contributed by atoms with Gasteiger partial charge in [-0.15, -0.1) is 0 Å². The van der Waals surface area contributed by atoms with Crippen LogP contribution in [0.15, 0.2) is 22.7 Å². The largest absolute Gasteiger partial charge is 0.389 e. The summed E-state index contributed by atoms with van der Waals surface area (Å²) in [6, 6.07) is 4.57. The van der Waals surface area contributed by atoms with Crippen molar-refractivity contribution in [1.82, 2.24) is 5.32 Å². The lowest BCUT2D eigenvalue weighted by Gasteiger charge is -2.07. The van der Waals surface area contributed by atoms with Crippen LogP contribution >= 0.6 is 15.9 Å². The third-order valence-corrected chi connectivity index (χ3v) is 3.00. The van der Waals surface area contributed by atoms with Crippen LogP contribution in [-0.4, -0.2) is 17.6 Å². The van der Waals surface area contributed by atoms with Gasteiger partial charge in [-0.2, -0.15) is 13.2 Å². The number of alkyl halides is 3. The summed E-state index contributed by atoms with van der Waals surface area (Å²) in [6.45, 7) is 0.822. The van der Waals surface area contributed by atoms with Gasteiger partial charge in [0.25, 0.3) is 5.69 Å². The zero-order valence-corrected chi connectivity index (χ0v) is 12.1. The highest BCUT2D eigenvalue weighted by Gasteiger charge is 2.25. The van der Waals surface area contributed by atoms with Crippen LogP contribution in [0.5, 0.6) is 0 Å². The van der Waals surface area contributed by atoms with Crippen molar-refractivity contribution in [1.29, 1.82) is 0 Å². The molecule has 0 amide bonds. The minimum atomic E-state index is -4.11. The molecule has 0 saturated carbocycles. The second kappa shape index (κ2) is 7.58. The van der Waals surface area contributed by atoms with Crippen molar-refractivity contribution in [2.24, 2.45) is 0 Å². The molecule has 0 unspecified atom stereocenters. The van der Waals surface area contributed by atoms with Crippen LogP contribution in [0.2, 0.25) is 0 Å². The van der Waals surface area contributed by atoms with Crippen molar-refractivity contribution in [3.05, 3.63) is 38.3 Å². The van der Waals surface area contributed by atoms with Gasteiger partial charge in [0.2, 0.25) is 0 Å². The molecule has 0 spiro atoms. The van der Waals surface area contributed by atoms with Gasteiger partial charge in [0.15, 0.2) is 0 Å². The molecule has 0 fully saturated rings. The minimum Gasteiger partial charge on any atom is -0.313 e. The van der Waals surface area contributed by atoms with Gasteiger partial charge in [-0.1, -0.05) is 15.9 Å². The first kappa shape index (κ1) is 16.9. The summed E-state index contributed by atoms with van der Waals surface area (Å²) in [6.07, 6.45) is -4.40. The van der Waals surface area contributed by atoms with E-state index in [4.69, 9.17) is 0 Å². The minimum absolute atomic E-state index is 0.0201. The molecule has 0 atom stereocenters. The number of nitro benzene ring substituents is 1. The molecule has 112 valence electrons. The average Bonchev–Trinajstić information content (AvgIpc) is 2.31. The van der Waals surface area contributed by atoms with Crippen LogP contribution < -0.4 is 5.32 Å². The van der Waals surface area contributed by atoms with E-state index in [1.807, 2.05) is 0 Å². The fraction of sp³-hybridized carbons (Fsp3) is 0.500. The predicted molar refractivity (Wildman–Crippen MR) is 72.4 cm³/mol. The Bertz CT molecular complexity index is 467. The maximum atomic E-state index is 11.9. The number of nitro groups is 1. The van der Waals surface area contributed by atoms with Gasteiger partial charge >= 0.3 is 6.18 Å². The highest BCUT2D eigenvalue weighted by molar-refractivity contribution is 9.10. The number of nitrogens with one attached hydrogen (secondary N) is 1. The van der Waals surface area contributed by atoms with Crippen molar-refractivity contribution in [3.63, 3.8) is 0 Å². The smallest absolute Gasteiger partial charge is 0.313 e. The molecule has 0 radical (unpaired) electrons. The number of nitrogens with zero attached hydrogens (tertiary/aromatic N) is 1. The summed E-state index contributed by atoms with van der Waals surface area (Å²) in [5.41, 5.74) is 0.690. The quantitative estimate of drug-likeness (QED) is 0.454. The van der Waals surface area contributed by atoms with Crippen molar-refractivity contribution in [2.45, 2.75) is 32.0 Å². The number of unbranched alkanes of at least 4 members (excludes halogenated alkanes) is 1. The topological polar surface area (TPSA) is 55.2 Å². The van der Waals surface area contributed by atoms with Crippen LogP contribution in [0.4, 0.5) is 18.9 Å². The lowest BCUT2D eigenvalue weighted by atomic mass is 10.2. The number of hydrogen-bond acceptors (Lipinski definition) is 3. The van der Waals surface area contributed by atoms with Gasteiger partial charge in [-0.25, -0.2) is 0 Å². The second-order valence-electron chi connectivity index (χ2n) is 4.32. The van der Waals surface area contributed by atoms with Crippen LogP contribution in [0.3, 0.4) is 0 Å². The normalized spacial score (nSPS) is 11.6. The summed E-state index contributed by atoms with van der Waals surface area (Å²) < 4.78 is 36.3. The summed E-state index contributed by atoms with van der Waals surface area (Å²) in [5.74, 6) is 0. The molecule has 20 heavy (non-hydrogen) atoms. The van der Waals surface area contributed by atoms with Crippen LogP contribution in [-0.2, 0) is 6.54 Å². The standard InChI is InChI=1S/C12H14BrF3N2O2/c13-10-5-9(6-11(7-10)18(19)20)8-17-4-2-1-3-12(14,15)16/h5-7,17H,1-4,8H2. The number of hydrogen-bond donors (Lipinski definition) is 1. The molecule has 0 aliphatic carbocycles. The SMILES string of the molecule is O=[N+]([O-])c1cc(Br)cc(CNCCCCC(F)(F)F)c1. The fourth-order valence-electron chi connectivity index (χ4n) is 1.65. The van der Waals surface area contributed by atoms with Gasteiger partial charge in [-0.05, 0) is 31.0 Å². The third kappa shape index (κ3) is 6.85. The highest BCUT2D eigenvalue weighted by atomic mass is 79.9. The highest BCUT2D eigenvalue weighted by Crippen LogP contribution is 2.22. The van der Waals surface area contributed by atoms with E-state index in [1.165, 1.54) is 12.1 Å². The van der Waals surface area contributed by atoms with E-state index in [2.05, 4.69) is 21.2 Å². The zero-order valence-electron chi connectivity index (χ0n) is 10.5. The Balaban J connectivity index is 2.34. The second-order valence-corrected chi connectivity index (χ2v) is 5.24. The summed E-state index contributed by atoms with van der Waals surface area (Å²) in [7, 11) is 0. The molecular weight excluding hydrogens is 341 g/mol. The van der Waals surface area contributed by atoms with E-state index in [1.54, 1.807) is 6.07 Å². The van der Waals surface area contributed by atoms with E-state index in [-0.39, 0.29) is 12.1 Å². The molecular formula is C12H14BrF3N2O2. The molecule has 1 aromatic carbocycles. The Morgan fingerprint density at radius 1 is 1.25 bits per heavy atom. The van der Waals surface area contributed by atoms with Gasteiger partial charge in [-0.3, -0.25) is 10.1 Å². The van der Waals surface area contributed by atoms with Crippen molar-refractivity contribution in [3.8, 4) is 0 Å². The first-order valence-corrected chi connectivity index (χ1v) is 6.78. The van der Waals surface area contributed by atoms with E-state index in [0.29, 0.717) is 29.5 Å². The zero-order chi connectivity index (χ0) is 15.2. The Labute approximate surface area is 122 Å². The average molecular weight is 355 g/mol. The van der Waals surface area contributed by atoms with Crippen LogP contribution in [0, 0.1) is 10.1 Å². The summed E-state index contributed by atoms with van der Waals surface area (Å²) >= 11 is 3.18. The molecule has 0 aliphatic rings. The molecule has 0 bridgehead atoms. The number of non-ortho nitro benzene ring substituents is 1. The van der Waals surface area contributed by atoms with Gasteiger partial charge in [0.05, 0.1) is 4.92 Å². The number of benzene rings is 1. The van der Waals surface area contributed by atoms with E-state index >= 15 is 0 Å². The lowest BCUT2D eigenvalue weighted by molar-refractivity contribution is -0.385. The Hall–Kier alpha value is -1.15. The Morgan fingerprint density at radius 2 is 1.95 bits per heavy atom. The van der Waals surface area contributed by atoms with Crippen LogP contribution in [0.1, 0.15) is 24.8 Å². The molecule has 0 aromatic heterocycles. The maximum absolute atomic E-state index is 11.9. The van der Waals surface area contributed by atoms with Crippen molar-refractivity contribution >= 4 is 21.6 Å². The first-order valence-electron chi connectivity index (χ1n) is 5.99. The molecule has 0 saturated heterocycles. The monoisotopic (exact) mass is 354 g/mol. The predicted octanol–water partition coefficient (Wildman–Crippen LogP) is 4.18. The molecule has 4 nitrogen and oxygen atoms in total. The van der Waals surface area contributed by atoms with Gasteiger partial charge in [0.1, 0.15) is 0 Å². The third-order valence-electron chi connectivity index (χ3n) is 2.55. The molecule has 0 heterocycles. The fourth-order valence-corrected chi connectivity index (χ4v) is 2.18. The summed E-state index contributed by atoms with van der Waals surface area (Å²) in [4.78, 5) is 10.2. The van der Waals surface area contributed by atoms with E-state index in [9.17, 15) is 23.3 Å². The molecule has 8 heteroatoms. The van der Waals surface area contributed by atoms with Gasteiger partial charge in [0, 0.05) is 29.6 Å².